The number of hydrogen-bond donors (Lipinski definition) is 2. The van der Waals surface area contributed by atoms with E-state index in [9.17, 15) is 9.18 Å². The van der Waals surface area contributed by atoms with Gasteiger partial charge in [0.1, 0.15) is 5.82 Å². The summed E-state index contributed by atoms with van der Waals surface area (Å²) in [5.41, 5.74) is 5.82. The van der Waals surface area contributed by atoms with E-state index in [2.05, 4.69) is 21.2 Å². The Kier molecular flexibility index (Phi) is 5.08. The molecule has 0 aromatic heterocycles. The van der Waals surface area contributed by atoms with Gasteiger partial charge in [0, 0.05) is 17.1 Å². The van der Waals surface area contributed by atoms with E-state index in [1.165, 1.54) is 12.1 Å². The first kappa shape index (κ1) is 14.1. The minimum Gasteiger partial charge on any atom is -0.350 e. The van der Waals surface area contributed by atoms with Gasteiger partial charge in [0.2, 0.25) is 0 Å². The fraction of sp³-hybridized carbons (Fsp3) is 0.417. The molecule has 5 heteroatoms. The number of benzene rings is 1. The van der Waals surface area contributed by atoms with E-state index >= 15 is 0 Å². The lowest BCUT2D eigenvalue weighted by atomic mass is 10.1. The Balaban J connectivity index is 2.67. The summed E-state index contributed by atoms with van der Waals surface area (Å²) in [5.74, 6) is -0.716. The molecule has 17 heavy (non-hydrogen) atoms. The van der Waals surface area contributed by atoms with E-state index in [0.29, 0.717) is 11.0 Å². The van der Waals surface area contributed by atoms with E-state index in [0.717, 1.165) is 0 Å². The smallest absolute Gasteiger partial charge is 0.254 e. The van der Waals surface area contributed by atoms with Crippen molar-refractivity contribution >= 4 is 21.8 Å². The van der Waals surface area contributed by atoms with E-state index in [1.807, 2.05) is 13.8 Å². The van der Waals surface area contributed by atoms with Gasteiger partial charge in [0.05, 0.1) is 5.56 Å². The topological polar surface area (TPSA) is 55.1 Å². The minimum atomic E-state index is -0.538. The Bertz CT molecular complexity index is 409. The monoisotopic (exact) mass is 302 g/mol. The Morgan fingerprint density at radius 2 is 2.18 bits per heavy atom. The highest BCUT2D eigenvalue weighted by molar-refractivity contribution is 9.10. The van der Waals surface area contributed by atoms with Crippen molar-refractivity contribution in [2.24, 2.45) is 11.7 Å². The second kappa shape index (κ2) is 6.12. The van der Waals surface area contributed by atoms with Crippen molar-refractivity contribution in [3.05, 3.63) is 34.1 Å². The summed E-state index contributed by atoms with van der Waals surface area (Å²) in [7, 11) is 0. The molecule has 1 aromatic carbocycles. The quantitative estimate of drug-likeness (QED) is 0.897. The van der Waals surface area contributed by atoms with E-state index < -0.39 is 11.7 Å². The van der Waals surface area contributed by atoms with Crippen LogP contribution in [0.5, 0.6) is 0 Å². The van der Waals surface area contributed by atoms with Crippen LogP contribution in [-0.4, -0.2) is 18.5 Å². The highest BCUT2D eigenvalue weighted by Crippen LogP contribution is 2.15. The zero-order chi connectivity index (χ0) is 13.0. The number of carbonyl (C=O) groups excluding carboxylic acids is 1. The molecule has 0 spiro atoms. The van der Waals surface area contributed by atoms with Crippen molar-refractivity contribution < 1.29 is 9.18 Å². The fourth-order valence-electron chi connectivity index (χ4n) is 1.21. The van der Waals surface area contributed by atoms with Crippen LogP contribution in [0.3, 0.4) is 0 Å². The number of amides is 1. The van der Waals surface area contributed by atoms with Gasteiger partial charge >= 0.3 is 0 Å². The van der Waals surface area contributed by atoms with Crippen LogP contribution < -0.4 is 11.1 Å². The molecular formula is C12H16BrFN2O. The SMILES string of the molecule is CC(C)C(N)CNC(=O)c1cc(Br)ccc1F. The third-order valence-corrected chi connectivity index (χ3v) is 3.02. The molecule has 0 radical (unpaired) electrons. The van der Waals surface area contributed by atoms with Crippen LogP contribution >= 0.6 is 15.9 Å². The summed E-state index contributed by atoms with van der Waals surface area (Å²) in [4.78, 5) is 11.7. The van der Waals surface area contributed by atoms with Crippen molar-refractivity contribution in [3.63, 3.8) is 0 Å². The third kappa shape index (κ3) is 4.09. The molecule has 1 rings (SSSR count). The summed E-state index contributed by atoms with van der Waals surface area (Å²) in [6.45, 7) is 4.27. The minimum absolute atomic E-state index is 0.0235. The summed E-state index contributed by atoms with van der Waals surface area (Å²) in [5, 5.41) is 2.62. The van der Waals surface area contributed by atoms with Gasteiger partial charge in [-0.05, 0) is 24.1 Å². The summed E-state index contributed by atoms with van der Waals surface area (Å²) in [6.07, 6.45) is 0. The van der Waals surface area contributed by atoms with E-state index in [-0.39, 0.29) is 17.5 Å². The van der Waals surface area contributed by atoms with Crippen LogP contribution in [0.1, 0.15) is 24.2 Å². The lowest BCUT2D eigenvalue weighted by Crippen LogP contribution is -2.40. The lowest BCUT2D eigenvalue weighted by molar-refractivity contribution is 0.0945. The molecule has 1 amide bonds. The molecule has 0 saturated carbocycles. The normalized spacial score (nSPS) is 12.6. The Labute approximate surface area is 109 Å². The second-order valence-corrected chi connectivity index (χ2v) is 5.16. The number of nitrogens with two attached hydrogens (primary N) is 1. The van der Waals surface area contributed by atoms with Crippen LogP contribution in [0.4, 0.5) is 4.39 Å². The highest BCUT2D eigenvalue weighted by atomic mass is 79.9. The van der Waals surface area contributed by atoms with Crippen LogP contribution in [0, 0.1) is 11.7 Å². The Morgan fingerprint density at radius 3 is 2.76 bits per heavy atom. The number of rotatable bonds is 4. The second-order valence-electron chi connectivity index (χ2n) is 4.24. The Morgan fingerprint density at radius 1 is 1.53 bits per heavy atom. The van der Waals surface area contributed by atoms with Crippen LogP contribution in [0.2, 0.25) is 0 Å². The standard InChI is InChI=1S/C12H16BrFN2O/c1-7(2)11(15)6-16-12(17)9-5-8(13)3-4-10(9)14/h3-5,7,11H,6,15H2,1-2H3,(H,16,17). The molecule has 0 aliphatic carbocycles. The van der Waals surface area contributed by atoms with Crippen molar-refractivity contribution in [2.75, 3.05) is 6.54 Å². The lowest BCUT2D eigenvalue weighted by Gasteiger charge is -2.16. The average Bonchev–Trinajstić information content (AvgIpc) is 2.28. The third-order valence-electron chi connectivity index (χ3n) is 2.53. The number of hydrogen-bond acceptors (Lipinski definition) is 2. The number of halogens is 2. The van der Waals surface area contributed by atoms with Gasteiger partial charge in [-0.2, -0.15) is 0 Å². The van der Waals surface area contributed by atoms with Crippen molar-refractivity contribution in [1.82, 2.24) is 5.32 Å². The van der Waals surface area contributed by atoms with Crippen molar-refractivity contribution in [1.29, 1.82) is 0 Å². The number of nitrogens with one attached hydrogen (secondary N) is 1. The van der Waals surface area contributed by atoms with Crippen molar-refractivity contribution in [3.8, 4) is 0 Å². The number of carbonyl (C=O) groups is 1. The largest absolute Gasteiger partial charge is 0.350 e. The van der Waals surface area contributed by atoms with Gasteiger partial charge in [0.15, 0.2) is 0 Å². The first-order chi connectivity index (χ1) is 7.91. The predicted molar refractivity (Wildman–Crippen MR) is 69.2 cm³/mol. The summed E-state index contributed by atoms with van der Waals surface area (Å²) >= 11 is 3.20. The maximum atomic E-state index is 13.4. The molecular weight excluding hydrogens is 287 g/mol. The van der Waals surface area contributed by atoms with E-state index in [4.69, 9.17) is 5.73 Å². The van der Waals surface area contributed by atoms with Gasteiger partial charge in [-0.1, -0.05) is 29.8 Å². The van der Waals surface area contributed by atoms with Crippen LogP contribution in [-0.2, 0) is 0 Å². The van der Waals surface area contributed by atoms with Gasteiger partial charge in [0.25, 0.3) is 5.91 Å². The molecule has 0 saturated heterocycles. The molecule has 3 nitrogen and oxygen atoms in total. The summed E-state index contributed by atoms with van der Waals surface area (Å²) < 4.78 is 14.1. The molecule has 3 N–H and O–H groups in total. The molecule has 0 aliphatic heterocycles. The zero-order valence-electron chi connectivity index (χ0n) is 9.84. The zero-order valence-corrected chi connectivity index (χ0v) is 11.4. The molecule has 0 bridgehead atoms. The molecule has 1 unspecified atom stereocenters. The fourth-order valence-corrected chi connectivity index (χ4v) is 1.57. The van der Waals surface area contributed by atoms with Crippen LogP contribution in [0.15, 0.2) is 22.7 Å². The average molecular weight is 303 g/mol. The van der Waals surface area contributed by atoms with Crippen molar-refractivity contribution in [2.45, 2.75) is 19.9 Å². The Hall–Kier alpha value is -0.940. The van der Waals surface area contributed by atoms with Gasteiger partial charge in [-0.3, -0.25) is 4.79 Å². The first-order valence-electron chi connectivity index (χ1n) is 5.40. The van der Waals surface area contributed by atoms with Gasteiger partial charge < -0.3 is 11.1 Å². The molecule has 0 aliphatic rings. The maximum Gasteiger partial charge on any atom is 0.254 e. The molecule has 1 atom stereocenters. The predicted octanol–water partition coefficient (Wildman–Crippen LogP) is 2.30. The first-order valence-corrected chi connectivity index (χ1v) is 6.20. The molecule has 94 valence electrons. The highest BCUT2D eigenvalue weighted by Gasteiger charge is 2.14. The summed E-state index contributed by atoms with van der Waals surface area (Å²) in [6, 6.07) is 4.12. The molecule has 0 heterocycles. The van der Waals surface area contributed by atoms with E-state index in [1.54, 1.807) is 6.07 Å². The molecule has 0 fully saturated rings. The maximum absolute atomic E-state index is 13.4. The van der Waals surface area contributed by atoms with Gasteiger partial charge in [-0.15, -0.1) is 0 Å². The van der Waals surface area contributed by atoms with Crippen LogP contribution in [0.25, 0.3) is 0 Å². The van der Waals surface area contributed by atoms with Gasteiger partial charge in [-0.25, -0.2) is 4.39 Å². The molecule has 1 aromatic rings.